The van der Waals surface area contributed by atoms with Gasteiger partial charge >= 0.3 is 0 Å². The van der Waals surface area contributed by atoms with Gasteiger partial charge in [-0.05, 0) is 23.8 Å². The van der Waals surface area contributed by atoms with E-state index in [1.807, 2.05) is 24.5 Å². The van der Waals surface area contributed by atoms with Crippen molar-refractivity contribution in [2.75, 3.05) is 6.26 Å². The van der Waals surface area contributed by atoms with Gasteiger partial charge in [0.25, 0.3) is 0 Å². The Balaban J connectivity index is 2.81. The summed E-state index contributed by atoms with van der Waals surface area (Å²) < 4.78 is 0. The molecule has 0 aliphatic carbocycles. The van der Waals surface area contributed by atoms with Crippen LogP contribution in [0.1, 0.15) is 18.1 Å². The molecule has 0 spiro atoms. The Morgan fingerprint density at radius 2 is 1.92 bits per heavy atom. The first kappa shape index (κ1) is 10.3. The third-order valence-corrected chi connectivity index (χ3v) is 2.66. The fourth-order valence-corrected chi connectivity index (χ4v) is 1.60. The predicted octanol–water partition coefficient (Wildman–Crippen LogP) is 2.68. The largest absolute Gasteiger partial charge is 0.287 e. The van der Waals surface area contributed by atoms with E-state index in [9.17, 15) is 4.79 Å². The van der Waals surface area contributed by atoms with Crippen molar-refractivity contribution in [3.05, 3.63) is 35.4 Å². The molecule has 0 saturated heterocycles. The molecule has 1 aromatic carbocycles. The highest BCUT2D eigenvalue weighted by molar-refractivity contribution is 8.13. The van der Waals surface area contributed by atoms with E-state index in [4.69, 9.17) is 0 Å². The first-order valence-electron chi connectivity index (χ1n) is 4.41. The summed E-state index contributed by atoms with van der Waals surface area (Å²) in [5.41, 5.74) is 2.45. The Hall–Kier alpha value is -0.760. The third-order valence-electron chi connectivity index (χ3n) is 2.06. The van der Waals surface area contributed by atoms with Crippen LogP contribution in [0.25, 0.3) is 0 Å². The van der Waals surface area contributed by atoms with Gasteiger partial charge in [-0.15, -0.1) is 0 Å². The Morgan fingerprint density at radius 1 is 1.31 bits per heavy atom. The summed E-state index contributed by atoms with van der Waals surface area (Å²) in [4.78, 5) is 11.2. The van der Waals surface area contributed by atoms with Crippen LogP contribution in [-0.4, -0.2) is 11.4 Å². The maximum atomic E-state index is 11.2. The molecular formula is C11H14OS. The maximum absolute atomic E-state index is 11.2. The Morgan fingerprint density at radius 3 is 2.46 bits per heavy atom. The third kappa shape index (κ3) is 2.88. The predicted molar refractivity (Wildman–Crippen MR) is 58.0 cm³/mol. The number of rotatable bonds is 3. The minimum atomic E-state index is 0.237. The molecular weight excluding hydrogens is 180 g/mol. The van der Waals surface area contributed by atoms with Gasteiger partial charge in [-0.3, -0.25) is 4.79 Å². The van der Waals surface area contributed by atoms with Crippen LogP contribution in [0.4, 0.5) is 0 Å². The highest BCUT2D eigenvalue weighted by atomic mass is 32.2. The van der Waals surface area contributed by atoms with Crippen molar-refractivity contribution < 1.29 is 4.79 Å². The monoisotopic (exact) mass is 194 g/mol. The minimum Gasteiger partial charge on any atom is -0.287 e. The number of thioether (sulfide) groups is 1. The number of aryl methyl sites for hydroxylation is 1. The van der Waals surface area contributed by atoms with Crippen LogP contribution in [0, 0.1) is 0 Å². The van der Waals surface area contributed by atoms with Gasteiger partial charge in [0.1, 0.15) is 0 Å². The SMILES string of the molecule is CCc1ccccc1CC(=O)SC. The van der Waals surface area contributed by atoms with Crippen molar-refractivity contribution in [1.82, 2.24) is 0 Å². The van der Waals surface area contributed by atoms with Crippen LogP contribution in [0.15, 0.2) is 24.3 Å². The second-order valence-corrected chi connectivity index (χ2v) is 3.74. The first-order chi connectivity index (χ1) is 6.27. The summed E-state index contributed by atoms with van der Waals surface area (Å²) in [6.07, 6.45) is 3.39. The van der Waals surface area contributed by atoms with Gasteiger partial charge in [0.2, 0.25) is 0 Å². The second kappa shape index (κ2) is 5.07. The second-order valence-electron chi connectivity index (χ2n) is 2.88. The lowest BCUT2D eigenvalue weighted by atomic mass is 10.0. The summed E-state index contributed by atoms with van der Waals surface area (Å²) in [7, 11) is 0. The molecule has 0 aliphatic rings. The molecule has 0 atom stereocenters. The van der Waals surface area contributed by atoms with Gasteiger partial charge in [-0.2, -0.15) is 0 Å². The fraction of sp³-hybridized carbons (Fsp3) is 0.364. The van der Waals surface area contributed by atoms with E-state index in [1.54, 1.807) is 0 Å². The van der Waals surface area contributed by atoms with Crippen LogP contribution in [0.5, 0.6) is 0 Å². The number of hydrogen-bond acceptors (Lipinski definition) is 2. The normalized spacial score (nSPS) is 10.0. The maximum Gasteiger partial charge on any atom is 0.193 e. The first-order valence-corrected chi connectivity index (χ1v) is 5.64. The molecule has 1 aromatic rings. The lowest BCUT2D eigenvalue weighted by Gasteiger charge is -2.04. The van der Waals surface area contributed by atoms with Gasteiger partial charge in [0.05, 0.1) is 0 Å². The van der Waals surface area contributed by atoms with Crippen molar-refractivity contribution >= 4 is 16.9 Å². The van der Waals surface area contributed by atoms with Crippen molar-refractivity contribution in [1.29, 1.82) is 0 Å². The number of benzene rings is 1. The highest BCUT2D eigenvalue weighted by Crippen LogP contribution is 2.12. The lowest BCUT2D eigenvalue weighted by Crippen LogP contribution is -2.00. The number of hydrogen-bond donors (Lipinski definition) is 0. The van der Waals surface area contributed by atoms with Gasteiger partial charge in [0, 0.05) is 6.42 Å². The number of carbonyl (C=O) groups is 1. The Labute approximate surface area is 83.5 Å². The summed E-state index contributed by atoms with van der Waals surface area (Å²) in [5, 5.41) is 0.237. The van der Waals surface area contributed by atoms with Crippen LogP contribution < -0.4 is 0 Å². The minimum absolute atomic E-state index is 0.237. The molecule has 1 rings (SSSR count). The molecule has 0 fully saturated rings. The molecule has 0 amide bonds. The van der Waals surface area contributed by atoms with E-state index in [1.165, 1.54) is 22.9 Å². The van der Waals surface area contributed by atoms with E-state index in [0.717, 1.165) is 6.42 Å². The Kier molecular flexibility index (Phi) is 4.03. The van der Waals surface area contributed by atoms with Gasteiger partial charge in [0.15, 0.2) is 5.12 Å². The van der Waals surface area contributed by atoms with Crippen LogP contribution in [0.2, 0.25) is 0 Å². The van der Waals surface area contributed by atoms with Gasteiger partial charge in [-0.25, -0.2) is 0 Å². The van der Waals surface area contributed by atoms with Crippen molar-refractivity contribution in [3.8, 4) is 0 Å². The van der Waals surface area contributed by atoms with Crippen LogP contribution in [-0.2, 0) is 17.6 Å². The molecule has 1 nitrogen and oxygen atoms in total. The van der Waals surface area contributed by atoms with Crippen molar-refractivity contribution in [2.45, 2.75) is 19.8 Å². The van der Waals surface area contributed by atoms with Crippen molar-refractivity contribution in [3.63, 3.8) is 0 Å². The zero-order chi connectivity index (χ0) is 9.68. The average Bonchev–Trinajstić information content (AvgIpc) is 2.18. The summed E-state index contributed by atoms with van der Waals surface area (Å²) in [5.74, 6) is 0. The molecule has 0 unspecified atom stereocenters. The molecule has 0 N–H and O–H groups in total. The molecule has 0 bridgehead atoms. The summed E-state index contributed by atoms with van der Waals surface area (Å²) in [6.45, 7) is 2.11. The molecule has 0 aliphatic heterocycles. The van der Waals surface area contributed by atoms with E-state index in [2.05, 4.69) is 13.0 Å². The molecule has 2 heteroatoms. The Bertz CT molecular complexity index is 294. The van der Waals surface area contributed by atoms with E-state index in [0.29, 0.717) is 6.42 Å². The lowest BCUT2D eigenvalue weighted by molar-refractivity contribution is -0.110. The van der Waals surface area contributed by atoms with E-state index in [-0.39, 0.29) is 5.12 Å². The van der Waals surface area contributed by atoms with Crippen molar-refractivity contribution in [2.24, 2.45) is 0 Å². The number of carbonyl (C=O) groups excluding carboxylic acids is 1. The zero-order valence-corrected chi connectivity index (χ0v) is 8.86. The van der Waals surface area contributed by atoms with E-state index < -0.39 is 0 Å². The van der Waals surface area contributed by atoms with Gasteiger partial charge < -0.3 is 0 Å². The van der Waals surface area contributed by atoms with E-state index >= 15 is 0 Å². The molecule has 0 aromatic heterocycles. The topological polar surface area (TPSA) is 17.1 Å². The summed E-state index contributed by atoms with van der Waals surface area (Å²) in [6, 6.07) is 8.13. The smallest absolute Gasteiger partial charge is 0.193 e. The zero-order valence-electron chi connectivity index (χ0n) is 8.04. The van der Waals surface area contributed by atoms with Gasteiger partial charge in [-0.1, -0.05) is 43.0 Å². The van der Waals surface area contributed by atoms with Crippen LogP contribution >= 0.6 is 11.8 Å². The molecule has 0 saturated carbocycles. The summed E-state index contributed by atoms with van der Waals surface area (Å²) >= 11 is 1.30. The van der Waals surface area contributed by atoms with Crippen LogP contribution in [0.3, 0.4) is 0 Å². The fourth-order valence-electron chi connectivity index (χ4n) is 1.30. The quantitative estimate of drug-likeness (QED) is 0.736. The molecule has 0 radical (unpaired) electrons. The standard InChI is InChI=1S/C11H14OS/c1-3-9-6-4-5-7-10(9)8-11(12)13-2/h4-7H,3,8H2,1-2H3. The molecule has 70 valence electrons. The molecule has 13 heavy (non-hydrogen) atoms. The molecule has 0 heterocycles. The highest BCUT2D eigenvalue weighted by Gasteiger charge is 2.04. The average molecular weight is 194 g/mol.